The normalized spacial score (nSPS) is 17.2. The number of halogens is 1. The van der Waals surface area contributed by atoms with E-state index in [4.69, 9.17) is 16.0 Å². The third kappa shape index (κ3) is 3.95. The highest BCUT2D eigenvalue weighted by Gasteiger charge is 2.48. The summed E-state index contributed by atoms with van der Waals surface area (Å²) in [4.78, 5) is 27.6. The van der Waals surface area contributed by atoms with Crippen molar-refractivity contribution in [2.24, 2.45) is 0 Å². The van der Waals surface area contributed by atoms with Crippen LogP contribution in [0.3, 0.4) is 0 Å². The van der Waals surface area contributed by atoms with E-state index < -0.39 is 17.7 Å². The van der Waals surface area contributed by atoms with E-state index in [-0.39, 0.29) is 11.3 Å². The molecular formula is C27H19ClN2O4. The Labute approximate surface area is 200 Å². The van der Waals surface area contributed by atoms with Crippen LogP contribution < -0.4 is 10.2 Å². The van der Waals surface area contributed by atoms with Crippen LogP contribution in [0.1, 0.15) is 17.4 Å². The number of anilines is 3. The van der Waals surface area contributed by atoms with Crippen molar-refractivity contribution in [3.63, 3.8) is 0 Å². The van der Waals surface area contributed by atoms with E-state index in [1.54, 1.807) is 42.5 Å². The zero-order valence-corrected chi connectivity index (χ0v) is 18.6. The van der Waals surface area contributed by atoms with E-state index in [0.717, 1.165) is 11.4 Å². The number of hydrogen-bond donors (Lipinski definition) is 2. The van der Waals surface area contributed by atoms with Crippen LogP contribution >= 0.6 is 11.6 Å². The van der Waals surface area contributed by atoms with Crippen molar-refractivity contribution in [3.8, 4) is 0 Å². The number of nitrogens with zero attached hydrogens (tertiary/aromatic N) is 1. The summed E-state index contributed by atoms with van der Waals surface area (Å²) in [7, 11) is 0. The number of para-hydroxylation sites is 1. The lowest BCUT2D eigenvalue weighted by Crippen LogP contribution is -2.29. The number of amides is 1. The topological polar surface area (TPSA) is 82.8 Å². The first-order valence-corrected chi connectivity index (χ1v) is 10.9. The number of hydrogen-bond acceptors (Lipinski definition) is 5. The van der Waals surface area contributed by atoms with Gasteiger partial charge in [-0.2, -0.15) is 0 Å². The van der Waals surface area contributed by atoms with Crippen molar-refractivity contribution < 1.29 is 19.1 Å². The molecule has 6 nitrogen and oxygen atoms in total. The molecule has 0 aliphatic carbocycles. The maximum atomic E-state index is 13.1. The minimum absolute atomic E-state index is 0.0614. The number of ketones is 1. The summed E-state index contributed by atoms with van der Waals surface area (Å²) in [6, 6.07) is 25.7. The fourth-order valence-corrected chi connectivity index (χ4v) is 4.19. The Morgan fingerprint density at radius 3 is 2.29 bits per heavy atom. The molecule has 2 N–H and O–H groups in total. The van der Waals surface area contributed by atoms with Gasteiger partial charge in [-0.3, -0.25) is 14.5 Å². The molecule has 1 fully saturated rings. The Hall–Kier alpha value is -4.29. The van der Waals surface area contributed by atoms with E-state index in [1.165, 1.54) is 17.2 Å². The molecule has 1 aliphatic heterocycles. The smallest absolute Gasteiger partial charge is 0.300 e. The molecule has 168 valence electrons. The fourth-order valence-electron chi connectivity index (χ4n) is 4.00. The number of carbonyl (C=O) groups excluding carboxylic acids is 2. The van der Waals surface area contributed by atoms with Crippen molar-refractivity contribution >= 4 is 46.1 Å². The monoisotopic (exact) mass is 470 g/mol. The average Bonchev–Trinajstić information content (AvgIpc) is 3.47. The van der Waals surface area contributed by atoms with E-state index >= 15 is 0 Å². The third-order valence-corrected chi connectivity index (χ3v) is 5.80. The van der Waals surface area contributed by atoms with E-state index in [1.807, 2.05) is 42.5 Å². The van der Waals surface area contributed by atoms with E-state index in [2.05, 4.69) is 5.32 Å². The number of rotatable bonds is 5. The molecule has 7 heteroatoms. The quantitative estimate of drug-likeness (QED) is 0.203. The highest BCUT2D eigenvalue weighted by Crippen LogP contribution is 2.42. The first kappa shape index (κ1) is 21.6. The molecule has 1 aromatic heterocycles. The lowest BCUT2D eigenvalue weighted by Gasteiger charge is -2.23. The largest absolute Gasteiger partial charge is 0.507 e. The minimum Gasteiger partial charge on any atom is -0.507 e. The molecular weight excluding hydrogens is 452 g/mol. The highest BCUT2D eigenvalue weighted by molar-refractivity contribution is 6.51. The minimum atomic E-state index is -0.929. The molecule has 0 spiro atoms. The second kappa shape index (κ2) is 8.92. The molecule has 3 aromatic carbocycles. The standard InChI is InChI=1S/C27H19ClN2O4/c28-18-7-4-6-17(16-18)25(31)23-24(22-10-5-15-34-22)30(27(33)26(23)32)21-13-11-20(12-14-21)29-19-8-2-1-3-9-19/h1-16,24,29,31H/b25-23-. The summed E-state index contributed by atoms with van der Waals surface area (Å²) in [5, 5.41) is 14.7. The van der Waals surface area contributed by atoms with Crippen LogP contribution in [0.25, 0.3) is 5.76 Å². The summed E-state index contributed by atoms with van der Waals surface area (Å²) in [5.41, 5.74) is 2.51. The summed E-state index contributed by atoms with van der Waals surface area (Å²) < 4.78 is 5.58. The van der Waals surface area contributed by atoms with Gasteiger partial charge in [0.1, 0.15) is 17.6 Å². The summed E-state index contributed by atoms with van der Waals surface area (Å²) in [6.45, 7) is 0. The first-order chi connectivity index (χ1) is 16.5. The second-order valence-corrected chi connectivity index (χ2v) is 8.17. The fraction of sp³-hybridized carbons (Fsp3) is 0.0370. The maximum Gasteiger partial charge on any atom is 0.300 e. The molecule has 2 heterocycles. The van der Waals surface area contributed by atoms with Crippen LogP contribution in [-0.2, 0) is 9.59 Å². The van der Waals surface area contributed by atoms with Gasteiger partial charge in [-0.15, -0.1) is 0 Å². The van der Waals surface area contributed by atoms with Gasteiger partial charge in [0.2, 0.25) is 0 Å². The van der Waals surface area contributed by atoms with Crippen molar-refractivity contribution in [3.05, 3.63) is 119 Å². The molecule has 1 amide bonds. The SMILES string of the molecule is O=C1C(=O)N(c2ccc(Nc3ccccc3)cc2)C(c2ccco2)/C1=C(/O)c1cccc(Cl)c1. The molecule has 1 aliphatic rings. The Morgan fingerprint density at radius 2 is 1.62 bits per heavy atom. The third-order valence-electron chi connectivity index (χ3n) is 5.56. The second-order valence-electron chi connectivity index (χ2n) is 7.73. The van der Waals surface area contributed by atoms with Crippen molar-refractivity contribution in [2.45, 2.75) is 6.04 Å². The Morgan fingerprint density at radius 1 is 0.882 bits per heavy atom. The van der Waals surface area contributed by atoms with Gasteiger partial charge in [0.05, 0.1) is 11.8 Å². The van der Waals surface area contributed by atoms with Gasteiger partial charge < -0.3 is 14.8 Å². The van der Waals surface area contributed by atoms with Gasteiger partial charge in [-0.05, 0) is 60.7 Å². The average molecular weight is 471 g/mol. The van der Waals surface area contributed by atoms with Gasteiger partial charge in [-0.1, -0.05) is 41.9 Å². The molecule has 34 heavy (non-hydrogen) atoms. The lowest BCUT2D eigenvalue weighted by atomic mass is 9.99. The maximum absolute atomic E-state index is 13.1. The number of nitrogens with one attached hydrogen (secondary N) is 1. The Balaban J connectivity index is 1.56. The Kier molecular flexibility index (Phi) is 5.65. The first-order valence-electron chi connectivity index (χ1n) is 10.6. The van der Waals surface area contributed by atoms with Crippen molar-refractivity contribution in [1.82, 2.24) is 0 Å². The number of aliphatic hydroxyl groups excluding tert-OH is 1. The molecule has 0 radical (unpaired) electrons. The van der Waals surface area contributed by atoms with E-state index in [0.29, 0.717) is 22.0 Å². The molecule has 1 unspecified atom stereocenters. The molecule has 5 rings (SSSR count). The van der Waals surface area contributed by atoms with Crippen molar-refractivity contribution in [2.75, 3.05) is 10.2 Å². The van der Waals surface area contributed by atoms with Crippen molar-refractivity contribution in [1.29, 1.82) is 0 Å². The molecule has 1 saturated heterocycles. The summed E-state index contributed by atoms with van der Waals surface area (Å²) in [6.07, 6.45) is 1.46. The van der Waals surface area contributed by atoms with Crippen LogP contribution in [0.2, 0.25) is 5.02 Å². The number of furan rings is 1. The summed E-state index contributed by atoms with van der Waals surface area (Å²) >= 11 is 6.07. The zero-order valence-electron chi connectivity index (χ0n) is 17.8. The zero-order chi connectivity index (χ0) is 23.7. The van der Waals surface area contributed by atoms with Crippen LogP contribution in [0.5, 0.6) is 0 Å². The molecule has 4 aromatic rings. The molecule has 0 bridgehead atoms. The van der Waals surface area contributed by atoms with Gasteiger partial charge in [0, 0.05) is 27.6 Å². The number of Topliss-reactive ketones (excluding diaryl/α,β-unsaturated/α-hetero) is 1. The van der Waals surface area contributed by atoms with Crippen LogP contribution in [0.15, 0.2) is 107 Å². The number of benzene rings is 3. The number of aliphatic hydroxyl groups is 1. The van der Waals surface area contributed by atoms with Crippen LogP contribution in [-0.4, -0.2) is 16.8 Å². The van der Waals surface area contributed by atoms with Gasteiger partial charge in [-0.25, -0.2) is 0 Å². The molecule has 1 atom stereocenters. The van der Waals surface area contributed by atoms with Gasteiger partial charge >= 0.3 is 0 Å². The van der Waals surface area contributed by atoms with Gasteiger partial charge in [0.25, 0.3) is 11.7 Å². The summed E-state index contributed by atoms with van der Waals surface area (Å²) in [5.74, 6) is -1.51. The van der Waals surface area contributed by atoms with Crippen LogP contribution in [0, 0.1) is 0 Å². The number of carbonyl (C=O) groups is 2. The Bertz CT molecular complexity index is 1380. The predicted molar refractivity (Wildman–Crippen MR) is 131 cm³/mol. The highest BCUT2D eigenvalue weighted by atomic mass is 35.5. The lowest BCUT2D eigenvalue weighted by molar-refractivity contribution is -0.132. The van der Waals surface area contributed by atoms with Gasteiger partial charge in [0.15, 0.2) is 0 Å². The van der Waals surface area contributed by atoms with E-state index in [9.17, 15) is 14.7 Å². The predicted octanol–water partition coefficient (Wildman–Crippen LogP) is 6.30. The van der Waals surface area contributed by atoms with Crippen LogP contribution in [0.4, 0.5) is 17.1 Å². The molecule has 0 saturated carbocycles.